The molecule has 0 bridgehead atoms. The summed E-state index contributed by atoms with van der Waals surface area (Å²) in [6.07, 6.45) is 2.52. The third-order valence-corrected chi connectivity index (χ3v) is 5.73. The molecule has 3 aromatic carbocycles. The maximum absolute atomic E-state index is 12.5. The summed E-state index contributed by atoms with van der Waals surface area (Å²) in [6, 6.07) is 19.3. The molecular formula is C28H29ClN2O5. The monoisotopic (exact) mass is 508 g/mol. The summed E-state index contributed by atoms with van der Waals surface area (Å²) in [4.78, 5) is 24.6. The quantitative estimate of drug-likeness (QED) is 0.148. The van der Waals surface area contributed by atoms with Crippen LogP contribution in [0.2, 0.25) is 5.02 Å². The van der Waals surface area contributed by atoms with Gasteiger partial charge in [-0.3, -0.25) is 4.79 Å². The lowest BCUT2D eigenvalue weighted by Gasteiger charge is -2.12. The van der Waals surface area contributed by atoms with E-state index in [2.05, 4.69) is 24.4 Å². The number of carbonyl (C=O) groups excluding carboxylic acids is 2. The molecule has 1 amide bonds. The number of nitrogens with one attached hydrogen (secondary N) is 1. The summed E-state index contributed by atoms with van der Waals surface area (Å²) >= 11 is 6.08. The van der Waals surface area contributed by atoms with Crippen LogP contribution in [0, 0.1) is 0 Å². The van der Waals surface area contributed by atoms with Crippen molar-refractivity contribution in [2.45, 2.75) is 33.1 Å². The maximum atomic E-state index is 12.5. The van der Waals surface area contributed by atoms with Crippen LogP contribution < -0.4 is 19.6 Å². The van der Waals surface area contributed by atoms with E-state index in [0.29, 0.717) is 34.6 Å². The van der Waals surface area contributed by atoms with Crippen LogP contribution >= 0.6 is 11.6 Å². The molecular weight excluding hydrogens is 480 g/mol. The van der Waals surface area contributed by atoms with Gasteiger partial charge in [-0.2, -0.15) is 5.10 Å². The molecule has 1 N–H and O–H groups in total. The van der Waals surface area contributed by atoms with Crippen molar-refractivity contribution in [1.29, 1.82) is 0 Å². The van der Waals surface area contributed by atoms with Gasteiger partial charge in [0.1, 0.15) is 5.75 Å². The Morgan fingerprint density at radius 3 is 2.44 bits per heavy atom. The number of ether oxygens (including phenoxy) is 3. The Labute approximate surface area is 216 Å². The van der Waals surface area contributed by atoms with E-state index in [-0.39, 0.29) is 17.9 Å². The van der Waals surface area contributed by atoms with Crippen molar-refractivity contribution in [1.82, 2.24) is 5.43 Å². The fourth-order valence-corrected chi connectivity index (χ4v) is 3.44. The van der Waals surface area contributed by atoms with Gasteiger partial charge in [0, 0.05) is 0 Å². The average molecular weight is 509 g/mol. The SMILES string of the molecule is CCOc1cc(/C=N/NC(=O)COc2ccc([C@H](C)CC)cc2)ccc1OC(=O)c1ccccc1Cl. The van der Waals surface area contributed by atoms with Gasteiger partial charge in [-0.1, -0.05) is 49.7 Å². The number of carbonyl (C=O) groups is 2. The van der Waals surface area contributed by atoms with Crippen LogP contribution in [0.4, 0.5) is 0 Å². The molecule has 0 aromatic heterocycles. The topological polar surface area (TPSA) is 86.2 Å². The van der Waals surface area contributed by atoms with E-state index in [1.54, 1.807) is 42.5 Å². The van der Waals surface area contributed by atoms with Gasteiger partial charge in [-0.25, -0.2) is 10.2 Å². The Morgan fingerprint density at radius 1 is 1.00 bits per heavy atom. The molecule has 7 nitrogen and oxygen atoms in total. The molecule has 0 heterocycles. The Kier molecular flexibility index (Phi) is 9.89. The largest absolute Gasteiger partial charge is 0.490 e. The highest BCUT2D eigenvalue weighted by atomic mass is 35.5. The molecule has 0 fully saturated rings. The van der Waals surface area contributed by atoms with Crippen LogP contribution in [0.3, 0.4) is 0 Å². The number of hydrogen-bond acceptors (Lipinski definition) is 6. The smallest absolute Gasteiger partial charge is 0.345 e. The van der Waals surface area contributed by atoms with Crippen molar-refractivity contribution in [2.75, 3.05) is 13.2 Å². The fraction of sp³-hybridized carbons (Fsp3) is 0.250. The van der Waals surface area contributed by atoms with Gasteiger partial charge in [-0.05, 0) is 72.9 Å². The second-order valence-electron chi connectivity index (χ2n) is 7.97. The van der Waals surface area contributed by atoms with Crippen molar-refractivity contribution < 1.29 is 23.8 Å². The van der Waals surface area contributed by atoms with Crippen LogP contribution in [-0.2, 0) is 4.79 Å². The first kappa shape index (κ1) is 26.8. The molecule has 0 aliphatic rings. The van der Waals surface area contributed by atoms with Crippen molar-refractivity contribution in [3.8, 4) is 17.2 Å². The standard InChI is InChI=1S/C28H29ClN2O5/c1-4-19(3)21-11-13-22(14-12-21)35-18-27(32)31-30-17-20-10-15-25(26(16-20)34-5-2)36-28(33)23-8-6-7-9-24(23)29/h6-17,19H,4-5,18H2,1-3H3,(H,31,32)/b30-17+/t19-/m1/s1. The summed E-state index contributed by atoms with van der Waals surface area (Å²) in [5.74, 6) is 0.707. The van der Waals surface area contributed by atoms with Gasteiger partial charge in [0.15, 0.2) is 18.1 Å². The number of benzene rings is 3. The number of rotatable bonds is 11. The van der Waals surface area contributed by atoms with Crippen molar-refractivity contribution in [3.63, 3.8) is 0 Å². The van der Waals surface area contributed by atoms with E-state index in [0.717, 1.165) is 6.42 Å². The van der Waals surface area contributed by atoms with Crippen LogP contribution in [-0.4, -0.2) is 31.3 Å². The average Bonchev–Trinajstić information content (AvgIpc) is 2.89. The molecule has 0 aliphatic heterocycles. The van der Waals surface area contributed by atoms with Crippen LogP contribution in [0.15, 0.2) is 71.8 Å². The molecule has 36 heavy (non-hydrogen) atoms. The summed E-state index contributed by atoms with van der Waals surface area (Å²) in [5.41, 5.74) is 4.55. The van der Waals surface area contributed by atoms with E-state index >= 15 is 0 Å². The second kappa shape index (κ2) is 13.3. The van der Waals surface area contributed by atoms with Crippen molar-refractivity contribution in [2.24, 2.45) is 5.10 Å². The molecule has 0 radical (unpaired) electrons. The third kappa shape index (κ3) is 7.58. The second-order valence-corrected chi connectivity index (χ2v) is 8.38. The maximum Gasteiger partial charge on any atom is 0.345 e. The highest BCUT2D eigenvalue weighted by Gasteiger charge is 2.15. The first-order valence-electron chi connectivity index (χ1n) is 11.7. The number of amides is 1. The molecule has 3 aromatic rings. The lowest BCUT2D eigenvalue weighted by molar-refractivity contribution is -0.123. The summed E-state index contributed by atoms with van der Waals surface area (Å²) in [7, 11) is 0. The summed E-state index contributed by atoms with van der Waals surface area (Å²) < 4.78 is 16.6. The number of hydrogen-bond donors (Lipinski definition) is 1. The van der Waals surface area contributed by atoms with Gasteiger partial charge >= 0.3 is 5.97 Å². The highest BCUT2D eigenvalue weighted by molar-refractivity contribution is 6.33. The predicted molar refractivity (Wildman–Crippen MR) is 140 cm³/mol. The molecule has 3 rings (SSSR count). The third-order valence-electron chi connectivity index (χ3n) is 5.40. The number of halogens is 1. The van der Waals surface area contributed by atoms with E-state index < -0.39 is 11.9 Å². The van der Waals surface area contributed by atoms with Gasteiger partial charge in [-0.15, -0.1) is 0 Å². The number of nitrogens with zero attached hydrogens (tertiary/aromatic N) is 1. The Bertz CT molecular complexity index is 1210. The Hall–Kier alpha value is -3.84. The van der Waals surface area contributed by atoms with Gasteiger partial charge in [0.05, 0.1) is 23.4 Å². The molecule has 0 unspecified atom stereocenters. The zero-order valence-electron chi connectivity index (χ0n) is 20.5. The lowest BCUT2D eigenvalue weighted by Crippen LogP contribution is -2.24. The normalized spacial score (nSPS) is 11.7. The van der Waals surface area contributed by atoms with E-state index in [9.17, 15) is 9.59 Å². The number of esters is 1. The van der Waals surface area contributed by atoms with E-state index in [1.807, 2.05) is 31.2 Å². The summed E-state index contributed by atoms with van der Waals surface area (Å²) in [5, 5.41) is 4.27. The van der Waals surface area contributed by atoms with Crippen LogP contribution in [0.1, 0.15) is 54.6 Å². The minimum Gasteiger partial charge on any atom is -0.490 e. The van der Waals surface area contributed by atoms with Crippen molar-refractivity contribution >= 4 is 29.7 Å². The Balaban J connectivity index is 1.56. The molecule has 0 saturated heterocycles. The molecule has 0 spiro atoms. The number of hydrazone groups is 1. The zero-order chi connectivity index (χ0) is 25.9. The fourth-order valence-electron chi connectivity index (χ4n) is 3.23. The minimum absolute atomic E-state index is 0.166. The van der Waals surface area contributed by atoms with Gasteiger partial charge in [0.25, 0.3) is 5.91 Å². The lowest BCUT2D eigenvalue weighted by atomic mass is 9.99. The highest BCUT2D eigenvalue weighted by Crippen LogP contribution is 2.29. The molecule has 0 saturated carbocycles. The van der Waals surface area contributed by atoms with Crippen LogP contribution in [0.5, 0.6) is 17.2 Å². The van der Waals surface area contributed by atoms with Crippen molar-refractivity contribution in [3.05, 3.63) is 88.4 Å². The molecule has 188 valence electrons. The Morgan fingerprint density at radius 2 is 1.75 bits per heavy atom. The molecule has 8 heteroatoms. The van der Waals surface area contributed by atoms with Gasteiger partial charge < -0.3 is 14.2 Å². The minimum atomic E-state index is -0.593. The first-order chi connectivity index (χ1) is 17.4. The van der Waals surface area contributed by atoms with E-state index in [4.69, 9.17) is 25.8 Å². The predicted octanol–water partition coefficient (Wildman–Crippen LogP) is 6.00. The van der Waals surface area contributed by atoms with Gasteiger partial charge in [0.2, 0.25) is 0 Å². The molecule has 1 atom stereocenters. The molecule has 0 aliphatic carbocycles. The summed E-state index contributed by atoms with van der Waals surface area (Å²) in [6.45, 7) is 6.33. The first-order valence-corrected chi connectivity index (χ1v) is 12.1. The van der Waals surface area contributed by atoms with E-state index in [1.165, 1.54) is 11.8 Å². The zero-order valence-corrected chi connectivity index (χ0v) is 21.2. The van der Waals surface area contributed by atoms with Crippen LogP contribution in [0.25, 0.3) is 0 Å².